The van der Waals surface area contributed by atoms with Crippen molar-refractivity contribution < 1.29 is 19.0 Å². The van der Waals surface area contributed by atoms with E-state index in [-0.39, 0.29) is 29.7 Å². The molecular weight excluding hydrogens is 303 g/mol. The minimum Gasteiger partial charge on any atom is -0.485 e. The first-order valence-corrected chi connectivity index (χ1v) is 7.11. The number of benzene rings is 1. The van der Waals surface area contributed by atoms with E-state index in [0.29, 0.717) is 23.2 Å². The van der Waals surface area contributed by atoms with Crippen molar-refractivity contribution in [3.05, 3.63) is 46.0 Å². The standard InChI is InChI=1S/C16H13FN2O4/c1-6-5-23-15-12(7-3-11(7)18)10(17)2-8-13(15)19(6)4-9(14(8)20)16(21)22/h2,4,7,11H,1,3,5,18H2,(H,21,22). The molecular formula is C16H13FN2O4. The molecule has 6 nitrogen and oxygen atoms in total. The van der Waals surface area contributed by atoms with E-state index in [1.165, 1.54) is 10.8 Å². The fourth-order valence-electron chi connectivity index (χ4n) is 3.11. The Morgan fingerprint density at radius 3 is 2.83 bits per heavy atom. The lowest BCUT2D eigenvalue weighted by atomic mass is 10.0. The molecule has 23 heavy (non-hydrogen) atoms. The van der Waals surface area contributed by atoms with Gasteiger partial charge in [-0.2, -0.15) is 0 Å². The fourth-order valence-corrected chi connectivity index (χ4v) is 3.11. The van der Waals surface area contributed by atoms with Crippen molar-refractivity contribution in [2.75, 3.05) is 6.61 Å². The number of ether oxygens (including phenoxy) is 1. The molecule has 1 aliphatic heterocycles. The summed E-state index contributed by atoms with van der Waals surface area (Å²) in [5.41, 5.74) is 5.84. The second-order valence-corrected chi connectivity index (χ2v) is 5.91. The normalized spacial score (nSPS) is 22.1. The monoisotopic (exact) mass is 316 g/mol. The Morgan fingerprint density at radius 1 is 1.52 bits per heavy atom. The largest absolute Gasteiger partial charge is 0.485 e. The Kier molecular flexibility index (Phi) is 2.68. The maximum absolute atomic E-state index is 14.5. The Hall–Kier alpha value is -2.67. The van der Waals surface area contributed by atoms with Crippen LogP contribution in [0.5, 0.6) is 5.75 Å². The smallest absolute Gasteiger partial charge is 0.341 e. The van der Waals surface area contributed by atoms with Crippen molar-refractivity contribution in [2.24, 2.45) is 5.73 Å². The number of hydrogen-bond acceptors (Lipinski definition) is 4. The molecule has 1 fully saturated rings. The zero-order valence-electron chi connectivity index (χ0n) is 12.0. The summed E-state index contributed by atoms with van der Waals surface area (Å²) >= 11 is 0. The number of hydrogen-bond donors (Lipinski definition) is 2. The van der Waals surface area contributed by atoms with Crippen LogP contribution >= 0.6 is 0 Å². The molecule has 0 spiro atoms. The Bertz CT molecular complexity index is 963. The lowest BCUT2D eigenvalue weighted by Gasteiger charge is -2.25. The van der Waals surface area contributed by atoms with Crippen LogP contribution in [-0.2, 0) is 0 Å². The highest BCUT2D eigenvalue weighted by atomic mass is 19.1. The molecule has 3 N–H and O–H groups in total. The summed E-state index contributed by atoms with van der Waals surface area (Å²) in [6.07, 6.45) is 1.87. The van der Waals surface area contributed by atoms with Crippen molar-refractivity contribution in [1.29, 1.82) is 0 Å². The summed E-state index contributed by atoms with van der Waals surface area (Å²) in [5.74, 6) is -1.85. The average Bonchev–Trinajstić information content (AvgIpc) is 3.20. The summed E-state index contributed by atoms with van der Waals surface area (Å²) < 4.78 is 21.7. The topological polar surface area (TPSA) is 94.6 Å². The number of carboxylic acid groups (broad SMARTS) is 1. The van der Waals surface area contributed by atoms with Gasteiger partial charge in [0.1, 0.15) is 18.0 Å². The van der Waals surface area contributed by atoms with Crippen molar-refractivity contribution in [3.63, 3.8) is 0 Å². The molecule has 4 rings (SSSR count). The first-order chi connectivity index (χ1) is 10.9. The third-order valence-corrected chi connectivity index (χ3v) is 4.40. The fraction of sp³-hybridized carbons (Fsp3) is 0.250. The van der Waals surface area contributed by atoms with Crippen LogP contribution in [-0.4, -0.2) is 28.3 Å². The van der Waals surface area contributed by atoms with Crippen molar-refractivity contribution in [1.82, 2.24) is 4.57 Å². The van der Waals surface area contributed by atoms with Crippen LogP contribution in [0, 0.1) is 5.82 Å². The predicted molar refractivity (Wildman–Crippen MR) is 81.3 cm³/mol. The van der Waals surface area contributed by atoms with Gasteiger partial charge in [-0.3, -0.25) is 4.79 Å². The predicted octanol–water partition coefficient (Wildman–Crippen LogP) is 1.52. The number of nitrogens with zero attached hydrogens (tertiary/aromatic N) is 1. The number of aromatic nitrogens is 1. The number of carbonyl (C=O) groups is 1. The van der Waals surface area contributed by atoms with E-state index in [1.807, 2.05) is 0 Å². The summed E-state index contributed by atoms with van der Waals surface area (Å²) in [7, 11) is 0. The Labute approximate surface area is 129 Å². The summed E-state index contributed by atoms with van der Waals surface area (Å²) in [5, 5.41) is 9.16. The average molecular weight is 316 g/mol. The number of nitrogens with two attached hydrogens (primary N) is 1. The van der Waals surface area contributed by atoms with E-state index in [1.54, 1.807) is 0 Å². The van der Waals surface area contributed by atoms with Gasteiger partial charge in [0.2, 0.25) is 5.43 Å². The number of carboxylic acids is 1. The first-order valence-electron chi connectivity index (χ1n) is 7.11. The SMILES string of the molecule is C=C1COc2c(C3CC3N)c(F)cc3c(=O)c(C(=O)O)cn1c23. The van der Waals surface area contributed by atoms with Gasteiger partial charge in [0, 0.05) is 23.7 Å². The highest BCUT2D eigenvalue weighted by molar-refractivity contribution is 5.97. The third-order valence-electron chi connectivity index (χ3n) is 4.40. The zero-order chi connectivity index (χ0) is 16.5. The van der Waals surface area contributed by atoms with E-state index in [0.717, 1.165) is 6.07 Å². The van der Waals surface area contributed by atoms with Gasteiger partial charge in [0.05, 0.1) is 16.6 Å². The third kappa shape index (κ3) is 1.83. The quantitative estimate of drug-likeness (QED) is 0.876. The van der Waals surface area contributed by atoms with Crippen molar-refractivity contribution in [3.8, 4) is 5.75 Å². The maximum atomic E-state index is 14.5. The number of pyridine rings is 1. The van der Waals surface area contributed by atoms with Gasteiger partial charge in [-0.1, -0.05) is 6.58 Å². The van der Waals surface area contributed by atoms with Crippen molar-refractivity contribution >= 4 is 22.6 Å². The van der Waals surface area contributed by atoms with Crippen LogP contribution in [0.1, 0.15) is 28.3 Å². The number of halogens is 1. The van der Waals surface area contributed by atoms with Gasteiger partial charge in [-0.25, -0.2) is 9.18 Å². The molecule has 1 aliphatic carbocycles. The van der Waals surface area contributed by atoms with Crippen LogP contribution in [0.3, 0.4) is 0 Å². The molecule has 2 atom stereocenters. The van der Waals surface area contributed by atoms with Gasteiger partial charge in [-0.05, 0) is 12.5 Å². The van der Waals surface area contributed by atoms with E-state index in [4.69, 9.17) is 10.5 Å². The molecule has 2 unspecified atom stereocenters. The van der Waals surface area contributed by atoms with Crippen molar-refractivity contribution in [2.45, 2.75) is 18.4 Å². The van der Waals surface area contributed by atoms with Crippen LogP contribution in [0.25, 0.3) is 16.6 Å². The first kappa shape index (κ1) is 14.0. The minimum atomic E-state index is -1.37. The van der Waals surface area contributed by atoms with Gasteiger partial charge in [0.15, 0.2) is 5.75 Å². The number of rotatable bonds is 2. The number of aromatic carboxylic acids is 1. The molecule has 2 heterocycles. The van der Waals surface area contributed by atoms with E-state index < -0.39 is 22.8 Å². The van der Waals surface area contributed by atoms with E-state index >= 15 is 0 Å². The molecule has 1 aromatic heterocycles. The molecule has 2 aromatic rings. The van der Waals surface area contributed by atoms with Crippen LogP contribution < -0.4 is 15.9 Å². The van der Waals surface area contributed by atoms with E-state index in [2.05, 4.69) is 6.58 Å². The second kappa shape index (κ2) is 4.42. The lowest BCUT2D eigenvalue weighted by molar-refractivity contribution is 0.0695. The van der Waals surface area contributed by atoms with E-state index in [9.17, 15) is 19.1 Å². The van der Waals surface area contributed by atoms with Gasteiger partial charge in [0.25, 0.3) is 0 Å². The molecule has 118 valence electrons. The molecule has 1 saturated carbocycles. The van der Waals surface area contributed by atoms with Gasteiger partial charge in [-0.15, -0.1) is 0 Å². The maximum Gasteiger partial charge on any atom is 0.341 e. The molecule has 0 bridgehead atoms. The highest BCUT2D eigenvalue weighted by Crippen LogP contribution is 2.48. The molecule has 2 aliphatic rings. The Balaban J connectivity index is 2.16. The van der Waals surface area contributed by atoms with Crippen LogP contribution in [0.2, 0.25) is 0 Å². The highest BCUT2D eigenvalue weighted by Gasteiger charge is 2.41. The summed E-state index contributed by atoms with van der Waals surface area (Å²) in [6, 6.07) is 0.942. The molecule has 1 aromatic carbocycles. The van der Waals surface area contributed by atoms with Crippen LogP contribution in [0.4, 0.5) is 4.39 Å². The summed E-state index contributed by atoms with van der Waals surface area (Å²) in [6.45, 7) is 3.91. The molecule has 7 heteroatoms. The minimum absolute atomic E-state index is 0.0313. The van der Waals surface area contributed by atoms with Crippen LogP contribution in [0.15, 0.2) is 23.6 Å². The Morgan fingerprint density at radius 2 is 2.22 bits per heavy atom. The zero-order valence-corrected chi connectivity index (χ0v) is 12.0. The van der Waals surface area contributed by atoms with Gasteiger partial charge < -0.3 is 20.1 Å². The summed E-state index contributed by atoms with van der Waals surface area (Å²) in [4.78, 5) is 23.6. The molecule has 0 saturated heterocycles. The molecule has 0 amide bonds. The lowest BCUT2D eigenvalue weighted by Crippen LogP contribution is -2.24. The second-order valence-electron chi connectivity index (χ2n) is 5.91. The van der Waals surface area contributed by atoms with Gasteiger partial charge >= 0.3 is 5.97 Å². The molecule has 0 radical (unpaired) electrons.